The number of rotatable bonds is 8. The summed E-state index contributed by atoms with van der Waals surface area (Å²) in [5, 5.41) is 18.7. The summed E-state index contributed by atoms with van der Waals surface area (Å²) in [6.07, 6.45) is 13.4. The number of hydrogen-bond donors (Lipinski definition) is 3. The molecule has 3 aromatic heterocycles. The molecule has 206 valence electrons. The van der Waals surface area contributed by atoms with Gasteiger partial charge in [-0.3, -0.25) is 14.6 Å². The molecule has 5 heterocycles. The number of ether oxygens (including phenoxy) is 2. The number of anilines is 2. The number of aliphatic hydroxyl groups excluding tert-OH is 1. The van der Waals surface area contributed by atoms with Crippen LogP contribution in [-0.2, 0) is 16.0 Å². The fourth-order valence-electron chi connectivity index (χ4n) is 6.18. The Labute approximate surface area is 223 Å². The summed E-state index contributed by atoms with van der Waals surface area (Å²) < 4.78 is 15.3. The minimum Gasteiger partial charge on any atom is -0.396 e. The second-order valence-corrected chi connectivity index (χ2v) is 10.8. The fraction of sp³-hybridized carbons (Fsp3) is 0.643. The molecule has 3 aromatic rings. The third kappa shape index (κ3) is 5.83. The number of aromatic nitrogens is 4. The number of nitrogens with zero attached hydrogens (tertiary/aromatic N) is 5. The van der Waals surface area contributed by atoms with Crippen molar-refractivity contribution in [2.75, 3.05) is 51.4 Å². The minimum atomic E-state index is 0.173. The number of aliphatic hydroxyl groups is 1. The van der Waals surface area contributed by atoms with Gasteiger partial charge in [0, 0.05) is 63.3 Å². The van der Waals surface area contributed by atoms with Crippen molar-refractivity contribution in [2.45, 2.75) is 69.6 Å². The maximum atomic E-state index is 9.48. The van der Waals surface area contributed by atoms with Crippen LogP contribution in [0.2, 0.25) is 0 Å². The first-order valence-corrected chi connectivity index (χ1v) is 14.3. The molecule has 1 saturated carbocycles. The van der Waals surface area contributed by atoms with Gasteiger partial charge in [0.05, 0.1) is 42.7 Å². The summed E-state index contributed by atoms with van der Waals surface area (Å²) in [5.74, 6) is 0.930. The van der Waals surface area contributed by atoms with E-state index in [0.29, 0.717) is 24.5 Å². The first-order chi connectivity index (χ1) is 18.8. The number of aryl methyl sites for hydroxylation is 1. The Hall–Kier alpha value is -2.66. The zero-order valence-corrected chi connectivity index (χ0v) is 22.2. The van der Waals surface area contributed by atoms with Gasteiger partial charge in [0.15, 0.2) is 0 Å². The highest BCUT2D eigenvalue weighted by Gasteiger charge is 2.27. The van der Waals surface area contributed by atoms with Crippen LogP contribution in [0.5, 0.6) is 0 Å². The lowest BCUT2D eigenvalue weighted by Gasteiger charge is -2.38. The molecule has 0 atom stereocenters. The Bertz CT molecular complexity index is 1240. The highest BCUT2D eigenvalue weighted by molar-refractivity contribution is 5.83. The van der Waals surface area contributed by atoms with E-state index in [9.17, 15) is 5.11 Å². The molecule has 2 aliphatic heterocycles. The number of pyridine rings is 1. The van der Waals surface area contributed by atoms with Crippen LogP contribution in [0.25, 0.3) is 10.9 Å². The van der Waals surface area contributed by atoms with E-state index in [1.807, 2.05) is 6.20 Å². The predicted octanol–water partition coefficient (Wildman–Crippen LogP) is 3.19. The summed E-state index contributed by atoms with van der Waals surface area (Å²) in [4.78, 5) is 11.5. The number of aromatic amines is 1. The molecule has 10 nitrogen and oxygen atoms in total. The Morgan fingerprint density at radius 1 is 1.03 bits per heavy atom. The normalized spacial score (nSPS) is 24.3. The molecule has 0 amide bonds. The molecular formula is C28H41N7O3. The molecule has 3 aliphatic rings. The van der Waals surface area contributed by atoms with Crippen molar-refractivity contribution in [3.8, 4) is 0 Å². The summed E-state index contributed by atoms with van der Waals surface area (Å²) in [6.45, 7) is 6.35. The molecule has 3 fully saturated rings. The number of morpholine rings is 1. The molecule has 6 rings (SSSR count). The van der Waals surface area contributed by atoms with Crippen molar-refractivity contribution < 1.29 is 14.6 Å². The van der Waals surface area contributed by atoms with Gasteiger partial charge in [-0.2, -0.15) is 5.10 Å². The number of H-pyrrole nitrogens is 1. The third-order valence-corrected chi connectivity index (χ3v) is 8.32. The highest BCUT2D eigenvalue weighted by atomic mass is 16.5. The molecule has 0 radical (unpaired) electrons. The van der Waals surface area contributed by atoms with Crippen LogP contribution in [0.3, 0.4) is 0 Å². The zero-order valence-electron chi connectivity index (χ0n) is 22.2. The Morgan fingerprint density at radius 2 is 1.82 bits per heavy atom. The van der Waals surface area contributed by atoms with Gasteiger partial charge in [0.1, 0.15) is 11.3 Å². The lowest BCUT2D eigenvalue weighted by atomic mass is 9.90. The van der Waals surface area contributed by atoms with E-state index < -0.39 is 0 Å². The smallest absolute Gasteiger partial charge is 0.137 e. The Morgan fingerprint density at radius 3 is 2.61 bits per heavy atom. The number of hydrogen-bond acceptors (Lipinski definition) is 7. The van der Waals surface area contributed by atoms with Crippen molar-refractivity contribution in [3.05, 3.63) is 36.2 Å². The quantitative estimate of drug-likeness (QED) is 0.419. The third-order valence-electron chi connectivity index (χ3n) is 8.32. The molecule has 2 saturated heterocycles. The maximum absolute atomic E-state index is 9.48. The van der Waals surface area contributed by atoms with Gasteiger partial charge in [-0.25, -0.2) is 0 Å². The van der Waals surface area contributed by atoms with Gasteiger partial charge >= 0.3 is 0 Å². The molecule has 0 aromatic carbocycles. The van der Waals surface area contributed by atoms with Crippen molar-refractivity contribution in [3.63, 3.8) is 0 Å². The molecular weight excluding hydrogens is 482 g/mol. The van der Waals surface area contributed by atoms with Crippen LogP contribution >= 0.6 is 0 Å². The highest BCUT2D eigenvalue weighted by Crippen LogP contribution is 2.27. The van der Waals surface area contributed by atoms with Crippen molar-refractivity contribution in [1.29, 1.82) is 0 Å². The van der Waals surface area contributed by atoms with Gasteiger partial charge < -0.3 is 29.4 Å². The van der Waals surface area contributed by atoms with E-state index in [-0.39, 0.29) is 6.61 Å². The average molecular weight is 524 g/mol. The van der Waals surface area contributed by atoms with E-state index in [2.05, 4.69) is 54.1 Å². The fourth-order valence-corrected chi connectivity index (χ4v) is 6.18. The van der Waals surface area contributed by atoms with Gasteiger partial charge in [-0.1, -0.05) is 0 Å². The van der Waals surface area contributed by atoms with Crippen LogP contribution in [0.15, 0.2) is 35.7 Å². The van der Waals surface area contributed by atoms with Crippen LogP contribution in [0.4, 0.5) is 11.5 Å². The first kappa shape index (κ1) is 25.6. The molecule has 0 bridgehead atoms. The largest absolute Gasteiger partial charge is 0.396 e. The number of nitrogens with one attached hydrogen (secondary N) is 2. The SMILES string of the molecule is OCCCn1ccc2[nH]c(Nc3cnn(C4CCOCC4)c3)cc2c1=NC1CCC(N2CCOCC2)CC1. The molecule has 0 spiro atoms. The Balaban J connectivity index is 1.22. The minimum absolute atomic E-state index is 0.173. The lowest BCUT2D eigenvalue weighted by Crippen LogP contribution is -2.45. The van der Waals surface area contributed by atoms with E-state index in [4.69, 9.17) is 14.5 Å². The van der Waals surface area contributed by atoms with E-state index >= 15 is 0 Å². The monoisotopic (exact) mass is 523 g/mol. The summed E-state index contributed by atoms with van der Waals surface area (Å²) in [6, 6.07) is 5.65. The second kappa shape index (κ2) is 12.0. The van der Waals surface area contributed by atoms with Gasteiger partial charge in [0.25, 0.3) is 0 Å². The van der Waals surface area contributed by atoms with Crippen LogP contribution in [0.1, 0.15) is 51.0 Å². The maximum Gasteiger partial charge on any atom is 0.137 e. The summed E-state index contributed by atoms with van der Waals surface area (Å²) >= 11 is 0. The first-order valence-electron chi connectivity index (χ1n) is 14.3. The predicted molar refractivity (Wildman–Crippen MR) is 147 cm³/mol. The molecule has 10 heteroatoms. The van der Waals surface area contributed by atoms with Crippen molar-refractivity contribution in [1.82, 2.24) is 24.2 Å². The topological polar surface area (TPSA) is 105 Å². The van der Waals surface area contributed by atoms with Crippen molar-refractivity contribution >= 4 is 22.4 Å². The van der Waals surface area contributed by atoms with Crippen molar-refractivity contribution in [2.24, 2.45) is 4.99 Å². The van der Waals surface area contributed by atoms with E-state index in [1.54, 1.807) is 0 Å². The number of fused-ring (bicyclic) bond motifs is 1. The standard InChI is InChI=1S/C28H41N7O3/c36-13-1-9-34-10-6-26-25(28(34)31-21-2-4-23(5-3-21)33-11-16-38-17-12-33)18-27(32-26)30-22-19-29-35(20-22)24-7-14-37-15-8-24/h6,10,18-21,23-24,30,32,36H,1-5,7-9,11-17H2. The molecule has 0 unspecified atom stereocenters. The van der Waals surface area contributed by atoms with Gasteiger partial charge in [-0.05, 0) is 57.1 Å². The van der Waals surface area contributed by atoms with Crippen LogP contribution < -0.4 is 10.8 Å². The van der Waals surface area contributed by atoms with E-state index in [0.717, 1.165) is 99.6 Å². The summed E-state index contributed by atoms with van der Waals surface area (Å²) in [5.41, 5.74) is 3.04. The molecule has 3 N–H and O–H groups in total. The van der Waals surface area contributed by atoms with Crippen LogP contribution in [-0.4, -0.2) is 87.5 Å². The molecule has 1 aliphatic carbocycles. The zero-order chi connectivity index (χ0) is 25.7. The lowest BCUT2D eigenvalue weighted by molar-refractivity contribution is 0.00745. The van der Waals surface area contributed by atoms with Crippen LogP contribution in [0, 0.1) is 0 Å². The Kier molecular flexibility index (Phi) is 8.10. The van der Waals surface area contributed by atoms with Gasteiger partial charge in [-0.15, -0.1) is 0 Å². The van der Waals surface area contributed by atoms with Gasteiger partial charge in [0.2, 0.25) is 0 Å². The second-order valence-electron chi connectivity index (χ2n) is 10.8. The average Bonchev–Trinajstić information content (AvgIpc) is 3.61. The van der Waals surface area contributed by atoms with E-state index in [1.165, 1.54) is 12.8 Å². The summed E-state index contributed by atoms with van der Waals surface area (Å²) in [7, 11) is 0. The molecule has 38 heavy (non-hydrogen) atoms.